The Kier molecular flexibility index (Phi) is 6.67. The van der Waals surface area contributed by atoms with Crippen LogP contribution in [0.25, 0.3) is 0 Å². The standard InChI is InChI=1S/C25H31FN4O2/c1-15(2)25(5)13-22(31)30(24(27)29-25)14-18-11-20(16(3)21(26)12-18)23(32)28-17(4)19-9-7-6-8-10-19/h6-12,15,17H,13-14H2,1-5H3,(H2,27,29)(H,28,32)/t17-,25-/m0/s1. The van der Waals surface area contributed by atoms with E-state index in [4.69, 9.17) is 5.73 Å². The second-order valence-corrected chi connectivity index (χ2v) is 8.99. The normalized spacial score (nSPS) is 19.7. The molecule has 170 valence electrons. The van der Waals surface area contributed by atoms with Crippen LogP contribution >= 0.6 is 0 Å². The van der Waals surface area contributed by atoms with Gasteiger partial charge >= 0.3 is 0 Å². The first kappa shape index (κ1) is 23.4. The van der Waals surface area contributed by atoms with E-state index >= 15 is 0 Å². The van der Waals surface area contributed by atoms with Crippen molar-refractivity contribution in [1.82, 2.24) is 10.2 Å². The van der Waals surface area contributed by atoms with Gasteiger partial charge in [0.1, 0.15) is 5.82 Å². The third kappa shape index (κ3) is 4.82. The highest BCUT2D eigenvalue weighted by atomic mass is 19.1. The van der Waals surface area contributed by atoms with Crippen molar-refractivity contribution in [2.24, 2.45) is 16.6 Å². The van der Waals surface area contributed by atoms with Gasteiger partial charge in [-0.2, -0.15) is 0 Å². The average Bonchev–Trinajstić information content (AvgIpc) is 2.73. The number of rotatable bonds is 6. The zero-order chi connectivity index (χ0) is 23.6. The molecular weight excluding hydrogens is 407 g/mol. The van der Waals surface area contributed by atoms with Gasteiger partial charge in [0.2, 0.25) is 5.91 Å². The molecule has 2 aromatic carbocycles. The topological polar surface area (TPSA) is 87.8 Å². The summed E-state index contributed by atoms with van der Waals surface area (Å²) in [6.07, 6.45) is 0.224. The number of amides is 2. The maximum atomic E-state index is 14.7. The highest BCUT2D eigenvalue weighted by Gasteiger charge is 2.38. The first-order valence-corrected chi connectivity index (χ1v) is 10.8. The molecule has 7 heteroatoms. The molecule has 1 heterocycles. The number of guanidine groups is 1. The van der Waals surface area contributed by atoms with Crippen LogP contribution in [0.1, 0.15) is 67.2 Å². The van der Waals surface area contributed by atoms with Crippen molar-refractivity contribution >= 4 is 17.8 Å². The summed E-state index contributed by atoms with van der Waals surface area (Å²) in [4.78, 5) is 31.6. The van der Waals surface area contributed by atoms with Crippen LogP contribution in [0.3, 0.4) is 0 Å². The van der Waals surface area contributed by atoms with Crippen molar-refractivity contribution in [3.05, 3.63) is 70.5 Å². The summed E-state index contributed by atoms with van der Waals surface area (Å²) in [7, 11) is 0. The molecule has 32 heavy (non-hydrogen) atoms. The lowest BCUT2D eigenvalue weighted by Crippen LogP contribution is -2.51. The van der Waals surface area contributed by atoms with Gasteiger partial charge in [0.25, 0.3) is 5.91 Å². The lowest BCUT2D eigenvalue weighted by atomic mass is 9.84. The van der Waals surface area contributed by atoms with E-state index in [1.807, 2.05) is 58.0 Å². The van der Waals surface area contributed by atoms with Gasteiger partial charge in [-0.3, -0.25) is 14.5 Å². The number of hydrogen-bond acceptors (Lipinski definition) is 4. The highest BCUT2D eigenvalue weighted by Crippen LogP contribution is 2.30. The minimum absolute atomic E-state index is 0.0497. The molecule has 2 atom stereocenters. The molecule has 3 N–H and O–H groups in total. The third-order valence-corrected chi connectivity index (χ3v) is 6.34. The molecule has 0 saturated heterocycles. The lowest BCUT2D eigenvalue weighted by Gasteiger charge is -2.37. The predicted molar refractivity (Wildman–Crippen MR) is 123 cm³/mol. The van der Waals surface area contributed by atoms with Crippen molar-refractivity contribution in [3.8, 4) is 0 Å². The first-order valence-electron chi connectivity index (χ1n) is 10.8. The SMILES string of the molecule is Cc1c(F)cc(CN2C(=O)C[C@@](C)(C(C)C)N=C2N)cc1C(=O)N[C@@H](C)c1ccccc1. The molecule has 0 bridgehead atoms. The molecule has 3 rings (SSSR count). The molecule has 0 unspecified atom stereocenters. The summed E-state index contributed by atoms with van der Waals surface area (Å²) in [5.41, 5.74) is 7.46. The Morgan fingerprint density at radius 1 is 1.25 bits per heavy atom. The van der Waals surface area contributed by atoms with Crippen LogP contribution < -0.4 is 11.1 Å². The van der Waals surface area contributed by atoms with Gasteiger partial charge in [0.05, 0.1) is 24.5 Å². The van der Waals surface area contributed by atoms with Crippen LogP contribution in [0.2, 0.25) is 0 Å². The molecule has 1 aliphatic heterocycles. The van der Waals surface area contributed by atoms with Gasteiger partial charge in [-0.05, 0) is 55.5 Å². The molecule has 0 saturated carbocycles. The minimum Gasteiger partial charge on any atom is -0.369 e. The summed E-state index contributed by atoms with van der Waals surface area (Å²) < 4.78 is 14.7. The largest absolute Gasteiger partial charge is 0.369 e. The van der Waals surface area contributed by atoms with Crippen molar-refractivity contribution < 1.29 is 14.0 Å². The van der Waals surface area contributed by atoms with Gasteiger partial charge in [0, 0.05) is 5.56 Å². The molecule has 0 fully saturated rings. The third-order valence-electron chi connectivity index (χ3n) is 6.34. The molecule has 0 spiro atoms. The van der Waals surface area contributed by atoms with E-state index in [-0.39, 0.29) is 53.8 Å². The molecule has 0 radical (unpaired) electrons. The zero-order valence-corrected chi connectivity index (χ0v) is 19.3. The van der Waals surface area contributed by atoms with Crippen LogP contribution in [-0.2, 0) is 11.3 Å². The number of carbonyl (C=O) groups excluding carboxylic acids is 2. The summed E-state index contributed by atoms with van der Waals surface area (Å²) >= 11 is 0. The predicted octanol–water partition coefficient (Wildman–Crippen LogP) is 4.09. The van der Waals surface area contributed by atoms with Crippen LogP contribution in [0.5, 0.6) is 0 Å². The quantitative estimate of drug-likeness (QED) is 0.712. The molecule has 1 aliphatic rings. The molecule has 2 aromatic rings. The fourth-order valence-electron chi connectivity index (χ4n) is 3.74. The number of nitrogens with one attached hydrogen (secondary N) is 1. The van der Waals surface area contributed by atoms with Gasteiger partial charge in [-0.15, -0.1) is 0 Å². The second kappa shape index (κ2) is 9.10. The van der Waals surface area contributed by atoms with E-state index in [9.17, 15) is 14.0 Å². The van der Waals surface area contributed by atoms with Gasteiger partial charge in [0.15, 0.2) is 5.96 Å². The average molecular weight is 439 g/mol. The molecule has 0 aliphatic carbocycles. The number of aliphatic imine (C=N–C) groups is 1. The molecule has 2 amide bonds. The van der Waals surface area contributed by atoms with Crippen LogP contribution in [0.15, 0.2) is 47.5 Å². The number of nitrogens with zero attached hydrogens (tertiary/aromatic N) is 2. The van der Waals surface area contributed by atoms with E-state index in [0.29, 0.717) is 5.56 Å². The Balaban J connectivity index is 1.84. The molecule has 6 nitrogen and oxygen atoms in total. The first-order chi connectivity index (χ1) is 15.0. The van der Waals surface area contributed by atoms with E-state index in [1.54, 1.807) is 13.0 Å². The summed E-state index contributed by atoms with van der Waals surface area (Å²) in [5, 5.41) is 2.92. The molecule has 0 aromatic heterocycles. The van der Waals surface area contributed by atoms with Crippen LogP contribution in [0.4, 0.5) is 4.39 Å². The van der Waals surface area contributed by atoms with E-state index < -0.39 is 11.4 Å². The molecular formula is C25H31FN4O2. The Hall–Kier alpha value is -3.22. The van der Waals surface area contributed by atoms with Crippen LogP contribution in [0, 0.1) is 18.7 Å². The smallest absolute Gasteiger partial charge is 0.252 e. The second-order valence-electron chi connectivity index (χ2n) is 8.99. The Morgan fingerprint density at radius 2 is 1.91 bits per heavy atom. The van der Waals surface area contributed by atoms with Crippen LogP contribution in [-0.4, -0.2) is 28.2 Å². The number of hydrogen-bond donors (Lipinski definition) is 2. The van der Waals surface area contributed by atoms with Crippen molar-refractivity contribution in [1.29, 1.82) is 0 Å². The summed E-state index contributed by atoms with van der Waals surface area (Å²) in [5.74, 6) is -0.794. The maximum Gasteiger partial charge on any atom is 0.252 e. The fourth-order valence-corrected chi connectivity index (χ4v) is 3.74. The van der Waals surface area contributed by atoms with E-state index in [1.165, 1.54) is 11.0 Å². The summed E-state index contributed by atoms with van der Waals surface area (Å²) in [6, 6.07) is 12.3. The van der Waals surface area contributed by atoms with Gasteiger partial charge in [-0.25, -0.2) is 9.38 Å². The van der Waals surface area contributed by atoms with E-state index in [0.717, 1.165) is 5.56 Å². The van der Waals surface area contributed by atoms with Crippen molar-refractivity contribution in [2.75, 3.05) is 0 Å². The Bertz CT molecular complexity index is 1050. The van der Waals surface area contributed by atoms with Gasteiger partial charge in [-0.1, -0.05) is 44.2 Å². The number of carbonyl (C=O) groups is 2. The zero-order valence-electron chi connectivity index (χ0n) is 19.3. The number of benzene rings is 2. The van der Waals surface area contributed by atoms with Crippen molar-refractivity contribution in [3.63, 3.8) is 0 Å². The number of nitrogens with two attached hydrogens (primary N) is 1. The Labute approximate surface area is 188 Å². The minimum atomic E-state index is -0.561. The Morgan fingerprint density at radius 3 is 2.50 bits per heavy atom. The highest BCUT2D eigenvalue weighted by molar-refractivity contribution is 5.99. The van der Waals surface area contributed by atoms with Crippen molar-refractivity contribution in [2.45, 2.75) is 59.2 Å². The fraction of sp³-hybridized carbons (Fsp3) is 0.400. The monoisotopic (exact) mass is 438 g/mol. The summed E-state index contributed by atoms with van der Waals surface area (Å²) in [6.45, 7) is 9.39. The maximum absolute atomic E-state index is 14.7. The van der Waals surface area contributed by atoms with E-state index in [2.05, 4.69) is 10.3 Å². The number of halogens is 1. The van der Waals surface area contributed by atoms with Gasteiger partial charge < -0.3 is 11.1 Å². The lowest BCUT2D eigenvalue weighted by molar-refractivity contribution is -0.130.